The van der Waals surface area contributed by atoms with Crippen molar-refractivity contribution in [2.24, 2.45) is 5.41 Å². The molecule has 0 spiro atoms. The highest BCUT2D eigenvalue weighted by Crippen LogP contribution is 2.31. The minimum atomic E-state index is -0.951. The molecule has 0 amide bonds. The van der Waals surface area contributed by atoms with E-state index in [4.69, 9.17) is 5.73 Å². The third kappa shape index (κ3) is 3.42. The van der Waals surface area contributed by atoms with E-state index in [0.29, 0.717) is 11.4 Å². The van der Waals surface area contributed by atoms with Crippen LogP contribution in [-0.2, 0) is 0 Å². The van der Waals surface area contributed by atoms with Gasteiger partial charge in [-0.1, -0.05) is 6.92 Å². The summed E-state index contributed by atoms with van der Waals surface area (Å²) in [5, 5.41) is 12.5. The van der Waals surface area contributed by atoms with Crippen molar-refractivity contribution in [2.45, 2.75) is 19.8 Å². The minimum Gasteiger partial charge on any atom is -0.478 e. The summed E-state index contributed by atoms with van der Waals surface area (Å²) in [6.45, 7) is 5.22. The van der Waals surface area contributed by atoms with Crippen molar-refractivity contribution in [2.75, 3.05) is 37.7 Å². The fourth-order valence-electron chi connectivity index (χ4n) is 2.54. The smallest absolute Gasteiger partial charge is 0.337 e. The Morgan fingerprint density at radius 3 is 2.70 bits per heavy atom. The van der Waals surface area contributed by atoms with Crippen LogP contribution in [-0.4, -0.2) is 42.7 Å². The fraction of sp³-hybridized carbons (Fsp3) is 0.533. The highest BCUT2D eigenvalue weighted by Gasteiger charge is 2.28. The molecule has 0 bridgehead atoms. The average Bonchev–Trinajstić information content (AvgIpc) is 2.41. The van der Waals surface area contributed by atoms with Crippen LogP contribution in [0.5, 0.6) is 0 Å². The molecule has 20 heavy (non-hydrogen) atoms. The number of carboxylic acids is 1. The van der Waals surface area contributed by atoms with E-state index in [9.17, 15) is 9.90 Å². The molecule has 1 heterocycles. The Hall–Kier alpha value is -1.75. The number of nitrogens with zero attached hydrogens (tertiary/aromatic N) is 1. The number of hydrogen-bond acceptors (Lipinski definition) is 4. The van der Waals surface area contributed by atoms with Gasteiger partial charge in [0.25, 0.3) is 0 Å². The van der Waals surface area contributed by atoms with Gasteiger partial charge in [0.2, 0.25) is 0 Å². The maximum atomic E-state index is 11.2. The highest BCUT2D eigenvalue weighted by atomic mass is 16.4. The Balaban J connectivity index is 2.05. The van der Waals surface area contributed by atoms with Gasteiger partial charge in [-0.25, -0.2) is 4.79 Å². The standard InChI is InChI=1S/C15H23N3O2/c1-15(5-7-18(2)8-6-15)10-17-13-4-3-11(16)9-12(13)14(19)20/h3-4,9,17H,5-8,10,16H2,1-2H3,(H,19,20). The normalized spacial score (nSPS) is 18.7. The van der Waals surface area contributed by atoms with Crippen LogP contribution < -0.4 is 11.1 Å². The van der Waals surface area contributed by atoms with Crippen LogP contribution >= 0.6 is 0 Å². The number of rotatable bonds is 4. The Kier molecular flexibility index (Phi) is 4.18. The number of aromatic carboxylic acids is 1. The number of hydrogen-bond donors (Lipinski definition) is 3. The summed E-state index contributed by atoms with van der Waals surface area (Å²) in [5.74, 6) is -0.951. The molecule has 1 saturated heterocycles. The summed E-state index contributed by atoms with van der Waals surface area (Å²) in [4.78, 5) is 13.6. The van der Waals surface area contributed by atoms with Crippen LogP contribution in [0.1, 0.15) is 30.1 Å². The second-order valence-electron chi connectivity index (χ2n) is 6.08. The summed E-state index contributed by atoms with van der Waals surface area (Å²) in [6.07, 6.45) is 2.24. The molecule has 2 rings (SSSR count). The maximum Gasteiger partial charge on any atom is 0.337 e. The van der Waals surface area contributed by atoms with Crippen molar-refractivity contribution in [3.63, 3.8) is 0 Å². The van der Waals surface area contributed by atoms with Gasteiger partial charge in [-0.2, -0.15) is 0 Å². The number of carbonyl (C=O) groups is 1. The molecule has 1 aromatic carbocycles. The van der Waals surface area contributed by atoms with Crippen molar-refractivity contribution < 1.29 is 9.90 Å². The number of piperidine rings is 1. The van der Waals surface area contributed by atoms with E-state index in [1.165, 1.54) is 6.07 Å². The molecule has 0 aromatic heterocycles. The highest BCUT2D eigenvalue weighted by molar-refractivity contribution is 5.95. The largest absolute Gasteiger partial charge is 0.478 e. The molecule has 0 aliphatic carbocycles. The first-order valence-electron chi connectivity index (χ1n) is 6.95. The first-order valence-corrected chi connectivity index (χ1v) is 6.95. The second-order valence-corrected chi connectivity index (χ2v) is 6.08. The molecule has 0 radical (unpaired) electrons. The molecule has 1 aliphatic heterocycles. The number of benzene rings is 1. The lowest BCUT2D eigenvalue weighted by Gasteiger charge is -2.38. The second kappa shape index (κ2) is 5.71. The number of anilines is 2. The van der Waals surface area contributed by atoms with E-state index in [1.807, 2.05) is 0 Å². The van der Waals surface area contributed by atoms with Gasteiger partial charge < -0.3 is 21.1 Å². The van der Waals surface area contributed by atoms with Crippen LogP contribution in [0.15, 0.2) is 18.2 Å². The molecule has 5 nitrogen and oxygen atoms in total. The van der Waals surface area contributed by atoms with Crippen molar-refractivity contribution in [3.8, 4) is 0 Å². The van der Waals surface area contributed by atoms with Gasteiger partial charge in [0.1, 0.15) is 0 Å². The zero-order valence-electron chi connectivity index (χ0n) is 12.1. The monoisotopic (exact) mass is 277 g/mol. The van der Waals surface area contributed by atoms with E-state index in [2.05, 4.69) is 24.2 Å². The zero-order valence-corrected chi connectivity index (χ0v) is 12.1. The van der Waals surface area contributed by atoms with Crippen molar-refractivity contribution in [1.29, 1.82) is 0 Å². The van der Waals surface area contributed by atoms with Crippen LogP contribution in [0.3, 0.4) is 0 Å². The molecule has 110 valence electrons. The quantitative estimate of drug-likeness (QED) is 0.735. The molecule has 5 heteroatoms. The molecular weight excluding hydrogens is 254 g/mol. The molecule has 0 unspecified atom stereocenters. The molecule has 0 saturated carbocycles. The van der Waals surface area contributed by atoms with E-state index >= 15 is 0 Å². The first-order chi connectivity index (χ1) is 9.39. The van der Waals surface area contributed by atoms with Gasteiger partial charge in [0.15, 0.2) is 0 Å². The topological polar surface area (TPSA) is 78.6 Å². The lowest BCUT2D eigenvalue weighted by atomic mass is 9.80. The Labute approximate surface area is 119 Å². The summed E-state index contributed by atoms with van der Waals surface area (Å²) < 4.78 is 0. The van der Waals surface area contributed by atoms with Crippen LogP contribution in [0.2, 0.25) is 0 Å². The maximum absolute atomic E-state index is 11.2. The molecule has 1 aliphatic rings. The van der Waals surface area contributed by atoms with Crippen LogP contribution in [0, 0.1) is 5.41 Å². The minimum absolute atomic E-state index is 0.212. The van der Waals surface area contributed by atoms with Crippen LogP contribution in [0.4, 0.5) is 11.4 Å². The third-order valence-electron chi connectivity index (χ3n) is 4.17. The molecule has 0 atom stereocenters. The average molecular weight is 277 g/mol. The Morgan fingerprint density at radius 1 is 1.45 bits per heavy atom. The molecule has 4 N–H and O–H groups in total. The van der Waals surface area contributed by atoms with Gasteiger partial charge in [-0.15, -0.1) is 0 Å². The molecule has 1 aromatic rings. The van der Waals surface area contributed by atoms with E-state index < -0.39 is 5.97 Å². The third-order valence-corrected chi connectivity index (χ3v) is 4.17. The lowest BCUT2D eigenvalue weighted by molar-refractivity contribution is 0.0697. The number of nitrogens with two attached hydrogens (primary N) is 1. The predicted octanol–water partition coefficient (Wildman–Crippen LogP) is 2.11. The van der Waals surface area contributed by atoms with Crippen molar-refractivity contribution in [3.05, 3.63) is 23.8 Å². The first kappa shape index (κ1) is 14.7. The van der Waals surface area contributed by atoms with Gasteiger partial charge >= 0.3 is 5.97 Å². The Morgan fingerprint density at radius 2 is 2.10 bits per heavy atom. The molecule has 1 fully saturated rings. The van der Waals surface area contributed by atoms with E-state index in [-0.39, 0.29) is 11.0 Å². The number of carboxylic acid groups (broad SMARTS) is 1. The summed E-state index contributed by atoms with van der Waals surface area (Å²) in [5.41, 5.74) is 7.21. The van der Waals surface area contributed by atoms with Crippen molar-refractivity contribution in [1.82, 2.24) is 4.90 Å². The summed E-state index contributed by atoms with van der Waals surface area (Å²) in [7, 11) is 2.13. The summed E-state index contributed by atoms with van der Waals surface area (Å²) in [6, 6.07) is 4.98. The Bertz CT molecular complexity index is 494. The van der Waals surface area contributed by atoms with Gasteiger partial charge in [-0.05, 0) is 56.6 Å². The number of likely N-dealkylation sites (tertiary alicyclic amines) is 1. The van der Waals surface area contributed by atoms with Gasteiger partial charge in [0, 0.05) is 17.9 Å². The number of nitrogen functional groups attached to an aromatic ring is 1. The van der Waals surface area contributed by atoms with E-state index in [1.54, 1.807) is 12.1 Å². The summed E-state index contributed by atoms with van der Waals surface area (Å²) >= 11 is 0. The van der Waals surface area contributed by atoms with E-state index in [0.717, 1.165) is 32.5 Å². The predicted molar refractivity (Wildman–Crippen MR) is 81.1 cm³/mol. The van der Waals surface area contributed by atoms with Crippen molar-refractivity contribution >= 4 is 17.3 Å². The van der Waals surface area contributed by atoms with Gasteiger partial charge in [-0.3, -0.25) is 0 Å². The van der Waals surface area contributed by atoms with Gasteiger partial charge in [0.05, 0.1) is 5.56 Å². The lowest BCUT2D eigenvalue weighted by Crippen LogP contribution is -2.40. The zero-order chi connectivity index (χ0) is 14.8. The molecular formula is C15H23N3O2. The fourth-order valence-corrected chi connectivity index (χ4v) is 2.54. The SMILES string of the molecule is CN1CCC(C)(CNc2ccc(N)cc2C(=O)O)CC1. The van der Waals surface area contributed by atoms with Crippen LogP contribution in [0.25, 0.3) is 0 Å². The number of nitrogens with one attached hydrogen (secondary N) is 1.